The first-order chi connectivity index (χ1) is 8.86. The lowest BCUT2D eigenvalue weighted by Crippen LogP contribution is -2.41. The molecule has 3 nitrogen and oxygen atoms in total. The van der Waals surface area contributed by atoms with E-state index in [9.17, 15) is 22.4 Å². The fraction of sp³-hybridized carbons (Fsp3) is 0.364. The zero-order chi connectivity index (χ0) is 14.5. The molecule has 8 heteroatoms. The molecule has 104 valence electrons. The van der Waals surface area contributed by atoms with E-state index in [0.717, 1.165) is 11.3 Å². The number of halogens is 4. The molecule has 1 amide bonds. The van der Waals surface area contributed by atoms with E-state index in [2.05, 4.69) is 11.8 Å². The monoisotopic (exact) mass is 295 g/mol. The third-order valence-electron chi connectivity index (χ3n) is 1.92. The second kappa shape index (κ2) is 6.54. The maximum atomic E-state index is 12.6. The average molecular weight is 295 g/mol. The van der Waals surface area contributed by atoms with Gasteiger partial charge in [-0.05, 0) is 12.1 Å². The fourth-order valence-electron chi connectivity index (χ4n) is 1.02. The summed E-state index contributed by atoms with van der Waals surface area (Å²) in [4.78, 5) is 12.0. The van der Waals surface area contributed by atoms with Crippen molar-refractivity contribution in [2.24, 2.45) is 0 Å². The molecule has 0 aliphatic heterocycles. The first kappa shape index (κ1) is 15.5. The molecular formula is C11H9F4NO2S. The van der Waals surface area contributed by atoms with Crippen LogP contribution in [0.15, 0.2) is 12.1 Å². The number of carbonyl (C=O) groups excluding carboxylic acids is 1. The Morgan fingerprint density at radius 1 is 1.47 bits per heavy atom. The summed E-state index contributed by atoms with van der Waals surface area (Å²) in [6.45, 7) is -1.78. The standard InChI is InChI=1S/C11H9F4NO2S/c12-10(13)11(14,15)6-16-9(18)8-4-3-7(19-8)2-1-5-17/h3-4,10,17H,5-6H2,(H,16,18). The summed E-state index contributed by atoms with van der Waals surface area (Å²) in [6.07, 6.45) is -3.83. The zero-order valence-electron chi connectivity index (χ0n) is 9.42. The molecule has 0 saturated carbocycles. The fourth-order valence-corrected chi connectivity index (χ4v) is 1.81. The minimum Gasteiger partial charge on any atom is -0.384 e. The molecule has 0 bridgehead atoms. The van der Waals surface area contributed by atoms with Crippen LogP contribution in [-0.4, -0.2) is 36.5 Å². The Morgan fingerprint density at radius 2 is 2.16 bits per heavy atom. The predicted molar refractivity (Wildman–Crippen MR) is 61.6 cm³/mol. The summed E-state index contributed by atoms with van der Waals surface area (Å²) in [5.41, 5.74) is 0. The van der Waals surface area contributed by atoms with E-state index in [-0.39, 0.29) is 11.5 Å². The van der Waals surface area contributed by atoms with Gasteiger partial charge in [-0.25, -0.2) is 8.78 Å². The van der Waals surface area contributed by atoms with Gasteiger partial charge in [-0.15, -0.1) is 11.3 Å². The largest absolute Gasteiger partial charge is 0.384 e. The molecule has 0 radical (unpaired) electrons. The molecule has 0 unspecified atom stereocenters. The Balaban J connectivity index is 2.62. The number of aliphatic hydroxyl groups excluding tert-OH is 1. The van der Waals surface area contributed by atoms with Gasteiger partial charge < -0.3 is 10.4 Å². The van der Waals surface area contributed by atoms with Crippen LogP contribution in [0.4, 0.5) is 17.6 Å². The van der Waals surface area contributed by atoms with Crippen molar-refractivity contribution in [2.45, 2.75) is 12.3 Å². The third kappa shape index (κ3) is 4.54. The molecule has 0 fully saturated rings. The summed E-state index contributed by atoms with van der Waals surface area (Å²) in [5, 5.41) is 10.2. The number of alkyl halides is 4. The Kier molecular flexibility index (Phi) is 5.32. The first-order valence-corrected chi connectivity index (χ1v) is 5.82. The van der Waals surface area contributed by atoms with Gasteiger partial charge >= 0.3 is 12.3 Å². The van der Waals surface area contributed by atoms with E-state index >= 15 is 0 Å². The van der Waals surface area contributed by atoms with Gasteiger partial charge in [0.1, 0.15) is 6.61 Å². The first-order valence-electron chi connectivity index (χ1n) is 5.00. The smallest absolute Gasteiger partial charge is 0.324 e. The van der Waals surface area contributed by atoms with Crippen molar-refractivity contribution < 1.29 is 27.5 Å². The molecule has 0 aromatic carbocycles. The number of nitrogens with one attached hydrogen (secondary N) is 1. The van der Waals surface area contributed by atoms with Crippen LogP contribution in [0.3, 0.4) is 0 Å². The van der Waals surface area contributed by atoms with Gasteiger partial charge in [0.05, 0.1) is 16.3 Å². The van der Waals surface area contributed by atoms with Crippen molar-refractivity contribution in [3.8, 4) is 11.8 Å². The number of aliphatic hydroxyl groups is 1. The second-order valence-electron chi connectivity index (χ2n) is 3.37. The van der Waals surface area contributed by atoms with Crippen LogP contribution in [0.2, 0.25) is 0 Å². The van der Waals surface area contributed by atoms with E-state index in [4.69, 9.17) is 5.11 Å². The quantitative estimate of drug-likeness (QED) is 0.656. The molecule has 1 heterocycles. The van der Waals surface area contributed by atoms with E-state index in [1.54, 1.807) is 5.32 Å². The molecule has 0 aliphatic rings. The summed E-state index contributed by atoms with van der Waals surface area (Å²) in [6, 6.07) is 2.80. The molecule has 0 aliphatic carbocycles. The van der Waals surface area contributed by atoms with E-state index in [1.165, 1.54) is 12.1 Å². The number of hydrogen-bond donors (Lipinski definition) is 2. The highest BCUT2D eigenvalue weighted by molar-refractivity contribution is 7.14. The molecule has 1 aromatic rings. The van der Waals surface area contributed by atoms with Crippen LogP contribution in [0.25, 0.3) is 0 Å². The van der Waals surface area contributed by atoms with Gasteiger partial charge in [0.2, 0.25) is 0 Å². The Labute approximate surface area is 110 Å². The van der Waals surface area contributed by atoms with Crippen LogP contribution in [0.1, 0.15) is 14.5 Å². The minimum absolute atomic E-state index is 0.0762. The van der Waals surface area contributed by atoms with E-state index < -0.39 is 24.8 Å². The van der Waals surface area contributed by atoms with Gasteiger partial charge in [0.15, 0.2) is 0 Å². The van der Waals surface area contributed by atoms with Gasteiger partial charge in [-0.2, -0.15) is 8.78 Å². The van der Waals surface area contributed by atoms with Crippen molar-refractivity contribution >= 4 is 17.2 Å². The maximum absolute atomic E-state index is 12.6. The molecule has 1 rings (SSSR count). The zero-order valence-corrected chi connectivity index (χ0v) is 10.2. The number of thiophene rings is 1. The van der Waals surface area contributed by atoms with Crippen LogP contribution in [0, 0.1) is 11.8 Å². The van der Waals surface area contributed by atoms with Gasteiger partial charge in [-0.3, -0.25) is 4.79 Å². The molecular weight excluding hydrogens is 286 g/mol. The molecule has 0 atom stereocenters. The Morgan fingerprint density at radius 3 is 2.74 bits per heavy atom. The van der Waals surface area contributed by atoms with Crippen LogP contribution < -0.4 is 5.32 Å². The van der Waals surface area contributed by atoms with Gasteiger partial charge in [0, 0.05) is 0 Å². The highest BCUT2D eigenvalue weighted by Crippen LogP contribution is 2.22. The highest BCUT2D eigenvalue weighted by atomic mass is 32.1. The number of carbonyl (C=O) groups is 1. The molecule has 2 N–H and O–H groups in total. The van der Waals surface area contributed by atoms with Gasteiger partial charge in [-0.1, -0.05) is 11.8 Å². The highest BCUT2D eigenvalue weighted by Gasteiger charge is 2.40. The summed E-state index contributed by atoms with van der Waals surface area (Å²) >= 11 is 0.911. The van der Waals surface area contributed by atoms with E-state index in [0.29, 0.717) is 4.88 Å². The Hall–Kier alpha value is -1.59. The average Bonchev–Trinajstić information content (AvgIpc) is 2.82. The second-order valence-corrected chi connectivity index (χ2v) is 4.45. The molecule has 0 saturated heterocycles. The lowest BCUT2D eigenvalue weighted by molar-refractivity contribution is -0.123. The minimum atomic E-state index is -4.26. The Bertz CT molecular complexity index is 504. The number of rotatable bonds is 4. The SMILES string of the molecule is O=C(NCC(F)(F)C(F)F)c1ccc(C#CCO)s1. The van der Waals surface area contributed by atoms with Crippen molar-refractivity contribution in [2.75, 3.05) is 13.2 Å². The van der Waals surface area contributed by atoms with Crippen molar-refractivity contribution in [1.29, 1.82) is 0 Å². The molecule has 19 heavy (non-hydrogen) atoms. The van der Waals surface area contributed by atoms with Crippen molar-refractivity contribution in [3.05, 3.63) is 21.9 Å². The summed E-state index contributed by atoms with van der Waals surface area (Å²) in [7, 11) is 0. The van der Waals surface area contributed by atoms with Crippen molar-refractivity contribution in [3.63, 3.8) is 0 Å². The maximum Gasteiger partial charge on any atom is 0.324 e. The molecule has 1 aromatic heterocycles. The number of amides is 1. The normalized spacial score (nSPS) is 11.1. The molecule has 0 spiro atoms. The lowest BCUT2D eigenvalue weighted by atomic mass is 10.3. The van der Waals surface area contributed by atoms with Crippen LogP contribution in [0.5, 0.6) is 0 Å². The third-order valence-corrected chi connectivity index (χ3v) is 2.92. The van der Waals surface area contributed by atoms with Crippen molar-refractivity contribution in [1.82, 2.24) is 5.32 Å². The van der Waals surface area contributed by atoms with Crippen LogP contribution in [-0.2, 0) is 0 Å². The van der Waals surface area contributed by atoms with Gasteiger partial charge in [0.25, 0.3) is 5.91 Å². The predicted octanol–water partition coefficient (Wildman–Crippen LogP) is 1.72. The topological polar surface area (TPSA) is 49.3 Å². The number of hydrogen-bond acceptors (Lipinski definition) is 3. The summed E-state index contributed by atoms with van der Waals surface area (Å²) in [5.74, 6) is -0.247. The van der Waals surface area contributed by atoms with E-state index in [1.807, 2.05) is 0 Å². The lowest BCUT2D eigenvalue weighted by Gasteiger charge is -2.15. The summed E-state index contributed by atoms with van der Waals surface area (Å²) < 4.78 is 48.9. The van der Waals surface area contributed by atoms with Crippen LogP contribution >= 0.6 is 11.3 Å².